The zero-order valence-corrected chi connectivity index (χ0v) is 13.2. The second-order valence-corrected chi connectivity index (χ2v) is 6.35. The minimum Gasteiger partial charge on any atom is -0.384 e. The second-order valence-electron chi connectivity index (χ2n) is 6.35. The summed E-state index contributed by atoms with van der Waals surface area (Å²) in [7, 11) is 0. The van der Waals surface area contributed by atoms with E-state index in [0.29, 0.717) is 12.0 Å². The van der Waals surface area contributed by atoms with Crippen LogP contribution < -0.4 is 5.32 Å². The molecule has 21 heavy (non-hydrogen) atoms. The molecule has 1 aliphatic heterocycles. The molecular formula is C17H22F3N. The summed E-state index contributed by atoms with van der Waals surface area (Å²) in [5, 5.41) is 3.37. The maximum atomic E-state index is 13.0. The van der Waals surface area contributed by atoms with Gasteiger partial charge in [0, 0.05) is 23.2 Å². The summed E-state index contributed by atoms with van der Waals surface area (Å²) in [6, 6.07) is 2.82. The first-order valence-corrected chi connectivity index (χ1v) is 7.25. The van der Waals surface area contributed by atoms with Gasteiger partial charge < -0.3 is 5.32 Å². The Labute approximate surface area is 124 Å². The van der Waals surface area contributed by atoms with Gasteiger partial charge >= 0.3 is 6.18 Å². The van der Waals surface area contributed by atoms with Crippen LogP contribution in [0.25, 0.3) is 5.70 Å². The lowest BCUT2D eigenvalue weighted by molar-refractivity contribution is -0.138. The van der Waals surface area contributed by atoms with Crippen molar-refractivity contribution < 1.29 is 13.2 Å². The number of hydrogen-bond acceptors (Lipinski definition) is 1. The molecule has 2 rings (SSSR count). The van der Waals surface area contributed by atoms with E-state index < -0.39 is 11.7 Å². The average molecular weight is 297 g/mol. The topological polar surface area (TPSA) is 12.0 Å². The lowest BCUT2D eigenvalue weighted by Gasteiger charge is -2.19. The smallest absolute Gasteiger partial charge is 0.384 e. The summed E-state index contributed by atoms with van der Waals surface area (Å²) < 4.78 is 39.1. The number of benzene rings is 1. The molecule has 1 nitrogen and oxygen atoms in total. The summed E-state index contributed by atoms with van der Waals surface area (Å²) in [5.41, 5.74) is 3.74. The van der Waals surface area contributed by atoms with Crippen LogP contribution in [0.2, 0.25) is 0 Å². The molecule has 0 saturated heterocycles. The fraction of sp³-hybridized carbons (Fsp3) is 0.529. The van der Waals surface area contributed by atoms with E-state index in [2.05, 4.69) is 26.1 Å². The molecule has 0 atom stereocenters. The van der Waals surface area contributed by atoms with Crippen LogP contribution in [0.15, 0.2) is 17.7 Å². The number of rotatable bonds is 2. The molecule has 0 spiro atoms. The van der Waals surface area contributed by atoms with Crippen molar-refractivity contribution in [1.82, 2.24) is 5.32 Å². The zero-order chi connectivity index (χ0) is 16.0. The second kappa shape index (κ2) is 5.08. The van der Waals surface area contributed by atoms with Crippen molar-refractivity contribution >= 4 is 5.70 Å². The van der Waals surface area contributed by atoms with E-state index >= 15 is 0 Å². The fourth-order valence-electron chi connectivity index (χ4n) is 2.96. The van der Waals surface area contributed by atoms with E-state index in [1.165, 1.54) is 11.6 Å². The Morgan fingerprint density at radius 1 is 1.19 bits per heavy atom. The maximum absolute atomic E-state index is 13.0. The molecule has 1 aromatic rings. The molecule has 0 aromatic heterocycles. The van der Waals surface area contributed by atoms with Crippen molar-refractivity contribution in [2.75, 3.05) is 6.54 Å². The highest BCUT2D eigenvalue weighted by atomic mass is 19.4. The third kappa shape index (κ3) is 2.68. The number of alkyl halides is 3. The van der Waals surface area contributed by atoms with E-state index in [1.807, 2.05) is 6.92 Å². The fourth-order valence-corrected chi connectivity index (χ4v) is 2.96. The summed E-state index contributed by atoms with van der Waals surface area (Å²) in [4.78, 5) is 0. The Hall–Kier alpha value is -1.45. The molecule has 1 N–H and O–H groups in total. The monoisotopic (exact) mass is 297 g/mol. The molecule has 0 bridgehead atoms. The Balaban J connectivity index is 2.63. The summed E-state index contributed by atoms with van der Waals surface area (Å²) in [6.07, 6.45) is -3.71. The molecule has 0 amide bonds. The predicted octanol–water partition coefficient (Wildman–Crippen LogP) is 4.94. The van der Waals surface area contributed by atoms with Crippen LogP contribution in [-0.2, 0) is 12.6 Å². The molecule has 0 aliphatic carbocycles. The minimum absolute atomic E-state index is 0.0386. The summed E-state index contributed by atoms with van der Waals surface area (Å²) in [6.45, 7) is 10.6. The van der Waals surface area contributed by atoms with Crippen LogP contribution in [0, 0.1) is 12.3 Å². The van der Waals surface area contributed by atoms with Crippen LogP contribution in [-0.4, -0.2) is 6.54 Å². The molecule has 4 heteroatoms. The van der Waals surface area contributed by atoms with E-state index in [9.17, 15) is 13.2 Å². The van der Waals surface area contributed by atoms with Crippen molar-refractivity contribution in [2.24, 2.45) is 5.41 Å². The van der Waals surface area contributed by atoms with E-state index in [-0.39, 0.29) is 5.41 Å². The first-order valence-electron chi connectivity index (χ1n) is 7.25. The number of halogens is 3. The third-order valence-corrected chi connectivity index (χ3v) is 4.62. The Kier molecular flexibility index (Phi) is 3.85. The van der Waals surface area contributed by atoms with Gasteiger partial charge in [-0.15, -0.1) is 0 Å². The highest BCUT2D eigenvalue weighted by molar-refractivity contribution is 5.74. The van der Waals surface area contributed by atoms with Gasteiger partial charge in [-0.1, -0.05) is 26.8 Å². The number of hydrogen-bond donors (Lipinski definition) is 1. The molecule has 1 heterocycles. The van der Waals surface area contributed by atoms with Crippen molar-refractivity contribution in [3.8, 4) is 0 Å². The van der Waals surface area contributed by atoms with Crippen molar-refractivity contribution in [1.29, 1.82) is 0 Å². The molecule has 116 valence electrons. The van der Waals surface area contributed by atoms with Crippen molar-refractivity contribution in [3.05, 3.63) is 40.0 Å². The normalized spacial score (nSPS) is 18.1. The van der Waals surface area contributed by atoms with Crippen molar-refractivity contribution in [2.45, 2.75) is 47.2 Å². The minimum atomic E-state index is -4.29. The van der Waals surface area contributed by atoms with Crippen LogP contribution in [0.1, 0.15) is 49.9 Å². The third-order valence-electron chi connectivity index (χ3n) is 4.62. The average Bonchev–Trinajstić information content (AvgIpc) is 2.62. The maximum Gasteiger partial charge on any atom is 0.416 e. The molecular weight excluding hydrogens is 275 g/mol. The molecule has 0 saturated carbocycles. The SMILES string of the molecule is CCc1c(C2=C(C)C(C)(C)CN2)ccc(C(F)(F)F)c1C. The van der Waals surface area contributed by atoms with E-state index in [0.717, 1.165) is 23.4 Å². The lowest BCUT2D eigenvalue weighted by atomic mass is 9.85. The highest BCUT2D eigenvalue weighted by Crippen LogP contribution is 2.40. The van der Waals surface area contributed by atoms with Crippen LogP contribution in [0.3, 0.4) is 0 Å². The molecule has 0 radical (unpaired) electrons. The van der Waals surface area contributed by atoms with Crippen LogP contribution >= 0.6 is 0 Å². The predicted molar refractivity (Wildman–Crippen MR) is 79.9 cm³/mol. The van der Waals surface area contributed by atoms with Gasteiger partial charge in [0.15, 0.2) is 0 Å². The Morgan fingerprint density at radius 3 is 2.24 bits per heavy atom. The zero-order valence-electron chi connectivity index (χ0n) is 13.2. The molecule has 0 unspecified atom stereocenters. The van der Waals surface area contributed by atoms with Crippen LogP contribution in [0.5, 0.6) is 0 Å². The van der Waals surface area contributed by atoms with Gasteiger partial charge in [0.25, 0.3) is 0 Å². The van der Waals surface area contributed by atoms with Gasteiger partial charge in [-0.3, -0.25) is 0 Å². The van der Waals surface area contributed by atoms with Gasteiger partial charge in [-0.25, -0.2) is 0 Å². The van der Waals surface area contributed by atoms with Gasteiger partial charge in [-0.2, -0.15) is 13.2 Å². The number of nitrogens with one attached hydrogen (secondary N) is 1. The van der Waals surface area contributed by atoms with Gasteiger partial charge in [0.05, 0.1) is 5.56 Å². The molecule has 1 aliphatic rings. The quantitative estimate of drug-likeness (QED) is 0.815. The molecule has 0 fully saturated rings. The highest BCUT2D eigenvalue weighted by Gasteiger charge is 2.35. The van der Waals surface area contributed by atoms with E-state index in [1.54, 1.807) is 13.0 Å². The van der Waals surface area contributed by atoms with Gasteiger partial charge in [0.2, 0.25) is 0 Å². The summed E-state index contributed by atoms with van der Waals surface area (Å²) >= 11 is 0. The van der Waals surface area contributed by atoms with Crippen molar-refractivity contribution in [3.63, 3.8) is 0 Å². The first kappa shape index (κ1) is 15.9. The Bertz CT molecular complexity index is 595. The molecule has 1 aromatic carbocycles. The standard InChI is InChI=1S/C17H22F3N/c1-6-12-10(2)14(17(18,19)20)8-7-13(12)15-11(3)16(4,5)9-21-15/h7-8,21H,6,9H2,1-5H3. The first-order chi connectivity index (χ1) is 9.59. The van der Waals surface area contributed by atoms with Crippen LogP contribution in [0.4, 0.5) is 13.2 Å². The Morgan fingerprint density at radius 2 is 1.81 bits per heavy atom. The van der Waals surface area contributed by atoms with Gasteiger partial charge in [0.1, 0.15) is 0 Å². The lowest BCUT2D eigenvalue weighted by Crippen LogP contribution is -2.19. The van der Waals surface area contributed by atoms with Gasteiger partial charge in [-0.05, 0) is 43.0 Å². The summed E-state index contributed by atoms with van der Waals surface area (Å²) in [5.74, 6) is 0. The largest absolute Gasteiger partial charge is 0.416 e. The van der Waals surface area contributed by atoms with E-state index in [4.69, 9.17) is 0 Å².